The van der Waals surface area contributed by atoms with Gasteiger partial charge in [0.1, 0.15) is 4.47 Å². The third-order valence-corrected chi connectivity index (χ3v) is 4.79. The van der Waals surface area contributed by atoms with Crippen LogP contribution in [-0.2, 0) is 0 Å². The van der Waals surface area contributed by atoms with Gasteiger partial charge in [0.15, 0.2) is 0 Å². The van der Waals surface area contributed by atoms with Crippen molar-refractivity contribution < 1.29 is 0 Å². The third-order valence-electron chi connectivity index (χ3n) is 4.02. The van der Waals surface area contributed by atoms with E-state index in [0.29, 0.717) is 10.5 Å². The fourth-order valence-corrected chi connectivity index (χ4v) is 3.09. The molecule has 0 amide bonds. The Kier molecular flexibility index (Phi) is 4.04. The number of aromatic nitrogens is 2. The van der Waals surface area contributed by atoms with Gasteiger partial charge in [-0.2, -0.15) is 5.10 Å². The molecule has 0 spiro atoms. The number of halogens is 1. The molecule has 1 fully saturated rings. The molecule has 1 aromatic rings. The molecule has 1 saturated carbocycles. The van der Waals surface area contributed by atoms with Crippen LogP contribution in [0, 0.1) is 5.41 Å². The highest BCUT2D eigenvalue weighted by atomic mass is 79.9. The predicted molar refractivity (Wildman–Crippen MR) is 81.6 cm³/mol. The van der Waals surface area contributed by atoms with Gasteiger partial charge in [0.2, 0.25) is 0 Å². The molecular formula is C14H22BrN3O. The van der Waals surface area contributed by atoms with E-state index in [9.17, 15) is 4.79 Å². The van der Waals surface area contributed by atoms with Gasteiger partial charge in [0.25, 0.3) is 5.56 Å². The fraction of sp³-hybridized carbons (Fsp3) is 0.714. The van der Waals surface area contributed by atoms with Gasteiger partial charge >= 0.3 is 0 Å². The van der Waals surface area contributed by atoms with Gasteiger partial charge in [-0.25, -0.2) is 4.68 Å². The van der Waals surface area contributed by atoms with Crippen molar-refractivity contribution in [2.45, 2.75) is 59.0 Å². The zero-order valence-corrected chi connectivity index (χ0v) is 13.6. The predicted octanol–water partition coefficient (Wildman–Crippen LogP) is 3.58. The Morgan fingerprint density at radius 3 is 2.74 bits per heavy atom. The van der Waals surface area contributed by atoms with Crippen molar-refractivity contribution in [3.63, 3.8) is 0 Å². The first-order valence-electron chi connectivity index (χ1n) is 6.87. The first-order chi connectivity index (χ1) is 8.83. The number of nitrogens with zero attached hydrogens (tertiary/aromatic N) is 2. The van der Waals surface area contributed by atoms with Crippen LogP contribution in [0.4, 0.5) is 5.69 Å². The normalized spacial score (nSPS) is 21.9. The molecule has 1 aliphatic carbocycles. The zero-order chi connectivity index (χ0) is 14.2. The maximum absolute atomic E-state index is 12.2. The summed E-state index contributed by atoms with van der Waals surface area (Å²) in [5, 5.41) is 7.72. The molecule has 106 valence electrons. The van der Waals surface area contributed by atoms with Gasteiger partial charge in [-0.3, -0.25) is 4.79 Å². The van der Waals surface area contributed by atoms with Gasteiger partial charge in [0, 0.05) is 6.04 Å². The van der Waals surface area contributed by atoms with Crippen LogP contribution in [0.1, 0.15) is 53.0 Å². The van der Waals surface area contributed by atoms with Crippen LogP contribution in [0.3, 0.4) is 0 Å². The van der Waals surface area contributed by atoms with E-state index in [1.807, 2.05) is 13.8 Å². The summed E-state index contributed by atoms with van der Waals surface area (Å²) in [7, 11) is 0. The summed E-state index contributed by atoms with van der Waals surface area (Å²) in [6.07, 6.45) is 5.35. The van der Waals surface area contributed by atoms with Crippen molar-refractivity contribution in [2.24, 2.45) is 5.41 Å². The van der Waals surface area contributed by atoms with Gasteiger partial charge in [-0.1, -0.05) is 20.3 Å². The molecule has 1 atom stereocenters. The molecule has 0 radical (unpaired) electrons. The Morgan fingerprint density at radius 2 is 2.21 bits per heavy atom. The lowest BCUT2D eigenvalue weighted by molar-refractivity contribution is 0.349. The Bertz CT molecular complexity index is 522. The minimum atomic E-state index is -0.0733. The summed E-state index contributed by atoms with van der Waals surface area (Å²) in [6, 6.07) is 0.473. The summed E-state index contributed by atoms with van der Waals surface area (Å²) < 4.78 is 2.08. The molecule has 19 heavy (non-hydrogen) atoms. The summed E-state index contributed by atoms with van der Waals surface area (Å²) in [4.78, 5) is 12.2. The van der Waals surface area contributed by atoms with Crippen molar-refractivity contribution in [1.82, 2.24) is 9.78 Å². The third kappa shape index (κ3) is 2.86. The SMILES string of the molecule is CC(C)n1ncc(NC2CCCC2(C)C)c(Br)c1=O. The largest absolute Gasteiger partial charge is 0.379 e. The van der Waals surface area contributed by atoms with Crippen molar-refractivity contribution >= 4 is 21.6 Å². The molecular weight excluding hydrogens is 306 g/mol. The Balaban J connectivity index is 2.27. The van der Waals surface area contributed by atoms with Crippen LogP contribution in [0.2, 0.25) is 0 Å². The van der Waals surface area contributed by atoms with E-state index in [0.717, 1.165) is 12.1 Å². The van der Waals surface area contributed by atoms with E-state index >= 15 is 0 Å². The average Bonchev–Trinajstić information content (AvgIpc) is 2.64. The van der Waals surface area contributed by atoms with Gasteiger partial charge in [-0.05, 0) is 48.0 Å². The van der Waals surface area contributed by atoms with Crippen LogP contribution < -0.4 is 10.9 Å². The molecule has 5 heteroatoms. The van der Waals surface area contributed by atoms with Gasteiger partial charge < -0.3 is 5.32 Å². The van der Waals surface area contributed by atoms with Gasteiger partial charge in [0.05, 0.1) is 17.9 Å². The molecule has 0 bridgehead atoms. The minimum Gasteiger partial charge on any atom is -0.379 e. The molecule has 1 aromatic heterocycles. The molecule has 0 aliphatic heterocycles. The Labute approximate surface area is 122 Å². The maximum Gasteiger partial charge on any atom is 0.283 e. The summed E-state index contributed by atoms with van der Waals surface area (Å²) in [5.74, 6) is 0. The van der Waals surface area contributed by atoms with Crippen LogP contribution in [0.15, 0.2) is 15.5 Å². The molecule has 1 aliphatic rings. The van der Waals surface area contributed by atoms with E-state index in [1.165, 1.54) is 17.5 Å². The van der Waals surface area contributed by atoms with E-state index in [1.54, 1.807) is 6.20 Å². The molecule has 1 unspecified atom stereocenters. The fourth-order valence-electron chi connectivity index (χ4n) is 2.70. The second-order valence-electron chi connectivity index (χ2n) is 6.29. The number of anilines is 1. The second kappa shape index (κ2) is 5.27. The first-order valence-corrected chi connectivity index (χ1v) is 7.66. The van der Waals surface area contributed by atoms with E-state index < -0.39 is 0 Å². The van der Waals surface area contributed by atoms with Crippen LogP contribution in [-0.4, -0.2) is 15.8 Å². The topological polar surface area (TPSA) is 46.9 Å². The van der Waals surface area contributed by atoms with Crippen molar-refractivity contribution in [3.05, 3.63) is 21.0 Å². The van der Waals surface area contributed by atoms with Gasteiger partial charge in [-0.15, -0.1) is 0 Å². The smallest absolute Gasteiger partial charge is 0.283 e. The number of hydrogen-bond donors (Lipinski definition) is 1. The van der Waals surface area contributed by atoms with Crippen LogP contribution in [0.5, 0.6) is 0 Å². The van der Waals surface area contributed by atoms with Crippen LogP contribution >= 0.6 is 15.9 Å². The van der Waals surface area contributed by atoms with E-state index in [2.05, 4.69) is 40.2 Å². The van der Waals surface area contributed by atoms with Crippen molar-refractivity contribution in [3.8, 4) is 0 Å². The molecule has 1 heterocycles. The van der Waals surface area contributed by atoms with Crippen LogP contribution in [0.25, 0.3) is 0 Å². The van der Waals surface area contributed by atoms with E-state index in [4.69, 9.17) is 0 Å². The molecule has 4 nitrogen and oxygen atoms in total. The van der Waals surface area contributed by atoms with Crippen molar-refractivity contribution in [1.29, 1.82) is 0 Å². The Morgan fingerprint density at radius 1 is 1.53 bits per heavy atom. The quantitative estimate of drug-likeness (QED) is 0.923. The average molecular weight is 328 g/mol. The molecule has 0 aromatic carbocycles. The maximum atomic E-state index is 12.2. The second-order valence-corrected chi connectivity index (χ2v) is 7.09. The summed E-state index contributed by atoms with van der Waals surface area (Å²) >= 11 is 3.41. The standard InChI is InChI=1S/C14H22BrN3O/c1-9(2)18-13(19)12(15)10(8-16-18)17-11-6-5-7-14(11,3)4/h8-9,11,17H,5-7H2,1-4H3. The Hall–Kier alpha value is -0.840. The summed E-state index contributed by atoms with van der Waals surface area (Å²) in [5.41, 5.74) is 1.00. The highest BCUT2D eigenvalue weighted by molar-refractivity contribution is 9.10. The molecule has 0 saturated heterocycles. The number of nitrogens with one attached hydrogen (secondary N) is 1. The number of hydrogen-bond acceptors (Lipinski definition) is 3. The lowest BCUT2D eigenvalue weighted by Gasteiger charge is -2.29. The van der Waals surface area contributed by atoms with E-state index in [-0.39, 0.29) is 17.0 Å². The number of rotatable bonds is 3. The minimum absolute atomic E-state index is 0.0702. The van der Waals surface area contributed by atoms with Crippen molar-refractivity contribution in [2.75, 3.05) is 5.32 Å². The monoisotopic (exact) mass is 327 g/mol. The highest BCUT2D eigenvalue weighted by Gasteiger charge is 2.34. The highest BCUT2D eigenvalue weighted by Crippen LogP contribution is 2.39. The first kappa shape index (κ1) is 14.6. The zero-order valence-electron chi connectivity index (χ0n) is 12.0. The molecule has 2 rings (SSSR count). The molecule has 1 N–H and O–H groups in total. The summed E-state index contributed by atoms with van der Waals surface area (Å²) in [6.45, 7) is 8.45. The lowest BCUT2D eigenvalue weighted by Crippen LogP contribution is -2.33. The lowest BCUT2D eigenvalue weighted by atomic mass is 9.87.